The summed E-state index contributed by atoms with van der Waals surface area (Å²) >= 11 is 0. The van der Waals surface area contributed by atoms with Gasteiger partial charge < -0.3 is 9.84 Å². The van der Waals surface area contributed by atoms with Crippen molar-refractivity contribution in [1.82, 2.24) is 0 Å². The number of aliphatic hydroxyl groups excluding tert-OH is 1. The monoisotopic (exact) mass is 334 g/mol. The average Bonchev–Trinajstić information content (AvgIpc) is 2.19. The van der Waals surface area contributed by atoms with E-state index in [9.17, 15) is 23.5 Å². The third-order valence-corrected chi connectivity index (χ3v) is 3.73. The Morgan fingerprint density at radius 1 is 1.13 bits per heavy atom. The van der Waals surface area contributed by atoms with Gasteiger partial charge in [0.2, 0.25) is 5.92 Å². The Bertz CT molecular complexity index is 464. The quantitative estimate of drug-likeness (QED) is 0.782. The number of alkyl halides is 2. The Balaban J connectivity index is 2.87. The van der Waals surface area contributed by atoms with Crippen LogP contribution in [0, 0.1) is 10.8 Å². The molecule has 0 bridgehead atoms. The maximum atomic E-state index is 13.4. The Kier molecular flexibility index (Phi) is 5.32. The minimum Gasteiger partial charge on any atom is -0.460 e. The minimum atomic E-state index is -2.95. The summed E-state index contributed by atoms with van der Waals surface area (Å²) in [5.41, 5.74) is -2.53. The second kappa shape index (κ2) is 6.11. The van der Waals surface area contributed by atoms with E-state index in [1.54, 1.807) is 20.8 Å². The van der Waals surface area contributed by atoms with Gasteiger partial charge in [0.1, 0.15) is 11.7 Å². The van der Waals surface area contributed by atoms with E-state index in [0.717, 1.165) is 0 Å². The molecule has 0 radical (unpaired) electrons. The normalized spacial score (nSPS) is 21.3. The van der Waals surface area contributed by atoms with E-state index in [1.807, 2.05) is 20.8 Å². The summed E-state index contributed by atoms with van der Waals surface area (Å²) in [4.78, 5) is 24.2. The highest BCUT2D eigenvalue weighted by atomic mass is 19.3. The lowest BCUT2D eigenvalue weighted by atomic mass is 9.59. The third-order valence-electron chi connectivity index (χ3n) is 3.73. The van der Waals surface area contributed by atoms with Crippen LogP contribution in [0.15, 0.2) is 0 Å². The van der Waals surface area contributed by atoms with Gasteiger partial charge in [-0.2, -0.15) is 0 Å². The second-order valence-corrected chi connectivity index (χ2v) is 8.94. The first kappa shape index (κ1) is 20.0. The summed E-state index contributed by atoms with van der Waals surface area (Å²) in [7, 11) is 0. The summed E-state index contributed by atoms with van der Waals surface area (Å²) in [5.74, 6) is -4.13. The Labute approximate surface area is 136 Å². The number of esters is 1. The molecule has 1 unspecified atom stereocenters. The molecule has 1 rings (SSSR count). The number of ketones is 1. The lowest BCUT2D eigenvalue weighted by molar-refractivity contribution is -0.210. The number of halogens is 2. The highest BCUT2D eigenvalue weighted by Crippen LogP contribution is 2.56. The lowest BCUT2D eigenvalue weighted by Gasteiger charge is -2.49. The average molecular weight is 334 g/mol. The maximum Gasteiger partial charge on any atom is 0.306 e. The summed E-state index contributed by atoms with van der Waals surface area (Å²) in [5, 5.41) is 10.3. The SMILES string of the molecule is CC(C)(C)CC(=O)C(O)C1(CC(=O)OC(C)(C)C)CC(F)(F)C1. The predicted octanol–water partition coefficient (Wildman–Crippen LogP) is 3.50. The van der Waals surface area contributed by atoms with Gasteiger partial charge in [0.05, 0.1) is 6.42 Å². The van der Waals surface area contributed by atoms with Gasteiger partial charge in [-0.05, 0) is 26.2 Å². The predicted molar refractivity (Wildman–Crippen MR) is 82.2 cm³/mol. The lowest BCUT2D eigenvalue weighted by Crippen LogP contribution is -2.57. The molecule has 1 atom stereocenters. The van der Waals surface area contributed by atoms with Gasteiger partial charge in [0.15, 0.2) is 5.78 Å². The van der Waals surface area contributed by atoms with E-state index < -0.39 is 47.6 Å². The number of hydrogen-bond donors (Lipinski definition) is 1. The van der Waals surface area contributed by atoms with E-state index >= 15 is 0 Å². The fourth-order valence-electron chi connectivity index (χ4n) is 3.02. The van der Waals surface area contributed by atoms with Crippen LogP contribution < -0.4 is 0 Å². The first-order valence-corrected chi connectivity index (χ1v) is 7.86. The highest BCUT2D eigenvalue weighted by Gasteiger charge is 2.62. The van der Waals surface area contributed by atoms with E-state index in [0.29, 0.717) is 0 Å². The van der Waals surface area contributed by atoms with Crippen LogP contribution in [0.2, 0.25) is 0 Å². The summed E-state index contributed by atoms with van der Waals surface area (Å²) < 4.78 is 32.0. The molecule has 134 valence electrons. The summed E-state index contributed by atoms with van der Waals surface area (Å²) in [6.07, 6.45) is -3.23. The molecule has 1 N–H and O–H groups in total. The Morgan fingerprint density at radius 3 is 1.96 bits per heavy atom. The zero-order valence-corrected chi connectivity index (χ0v) is 14.8. The van der Waals surface area contributed by atoms with Crippen molar-refractivity contribution in [3.8, 4) is 0 Å². The van der Waals surface area contributed by atoms with Crippen molar-refractivity contribution in [2.45, 2.75) is 84.9 Å². The molecule has 0 aromatic heterocycles. The molecule has 0 aromatic carbocycles. The van der Waals surface area contributed by atoms with Crippen LogP contribution in [0.25, 0.3) is 0 Å². The van der Waals surface area contributed by atoms with Crippen molar-refractivity contribution in [2.24, 2.45) is 10.8 Å². The highest BCUT2D eigenvalue weighted by molar-refractivity contribution is 5.85. The molecule has 1 fully saturated rings. The van der Waals surface area contributed by atoms with Crippen molar-refractivity contribution in [3.05, 3.63) is 0 Å². The van der Waals surface area contributed by atoms with Gasteiger partial charge in [-0.25, -0.2) is 8.78 Å². The van der Waals surface area contributed by atoms with E-state index in [4.69, 9.17) is 4.74 Å². The van der Waals surface area contributed by atoms with E-state index in [2.05, 4.69) is 0 Å². The fourth-order valence-corrected chi connectivity index (χ4v) is 3.02. The molecular formula is C17H28F2O4. The second-order valence-electron chi connectivity index (χ2n) is 8.94. The van der Waals surface area contributed by atoms with Gasteiger partial charge in [0.25, 0.3) is 0 Å². The maximum absolute atomic E-state index is 13.4. The Hall–Kier alpha value is -1.04. The molecule has 0 heterocycles. The molecule has 1 aliphatic carbocycles. The number of hydrogen-bond acceptors (Lipinski definition) is 4. The number of Topliss-reactive ketones (excluding diaryl/α,β-unsaturated/α-hetero) is 1. The van der Waals surface area contributed by atoms with Crippen LogP contribution in [0.5, 0.6) is 0 Å². The summed E-state index contributed by atoms with van der Waals surface area (Å²) in [6, 6.07) is 0. The van der Waals surface area contributed by atoms with Gasteiger partial charge in [-0.15, -0.1) is 0 Å². The van der Waals surface area contributed by atoms with Crippen LogP contribution in [-0.2, 0) is 14.3 Å². The van der Waals surface area contributed by atoms with Crippen LogP contribution in [0.3, 0.4) is 0 Å². The molecule has 0 aliphatic heterocycles. The third kappa shape index (κ3) is 5.83. The molecule has 0 amide bonds. The molecule has 1 aliphatic rings. The first-order chi connectivity index (χ1) is 10.1. The van der Waals surface area contributed by atoms with Gasteiger partial charge in [-0.3, -0.25) is 9.59 Å². The number of aliphatic hydroxyl groups is 1. The molecule has 6 heteroatoms. The van der Waals surface area contributed by atoms with E-state index in [1.165, 1.54) is 0 Å². The van der Waals surface area contributed by atoms with Gasteiger partial charge in [0, 0.05) is 24.7 Å². The standard InChI is InChI=1S/C17H28F2O4/c1-14(2,3)7-11(20)13(22)16(9-17(18,19)10-16)8-12(21)23-15(4,5)6/h13,22H,7-10H2,1-6H3. The first-order valence-electron chi connectivity index (χ1n) is 7.86. The zero-order valence-electron chi connectivity index (χ0n) is 14.8. The molecule has 0 saturated heterocycles. The van der Waals surface area contributed by atoms with Crippen molar-refractivity contribution >= 4 is 11.8 Å². The van der Waals surface area contributed by atoms with Crippen LogP contribution in [0.1, 0.15) is 67.2 Å². The smallest absolute Gasteiger partial charge is 0.306 e. The number of rotatable bonds is 5. The zero-order chi connectivity index (χ0) is 18.3. The van der Waals surface area contributed by atoms with Crippen molar-refractivity contribution in [3.63, 3.8) is 0 Å². The number of carbonyl (C=O) groups is 2. The molecule has 1 saturated carbocycles. The topological polar surface area (TPSA) is 63.6 Å². The van der Waals surface area contributed by atoms with Crippen LogP contribution in [-0.4, -0.2) is 34.5 Å². The molecule has 23 heavy (non-hydrogen) atoms. The van der Waals surface area contributed by atoms with E-state index in [-0.39, 0.29) is 18.3 Å². The molecular weight excluding hydrogens is 306 g/mol. The van der Waals surface area contributed by atoms with Gasteiger partial charge >= 0.3 is 5.97 Å². The minimum absolute atomic E-state index is 0.0653. The molecule has 0 aromatic rings. The van der Waals surface area contributed by atoms with Crippen LogP contribution >= 0.6 is 0 Å². The Morgan fingerprint density at radius 2 is 1.61 bits per heavy atom. The molecule has 4 nitrogen and oxygen atoms in total. The number of ether oxygens (including phenoxy) is 1. The molecule has 0 spiro atoms. The largest absolute Gasteiger partial charge is 0.460 e. The fraction of sp³-hybridized carbons (Fsp3) is 0.882. The van der Waals surface area contributed by atoms with Crippen molar-refractivity contribution < 1.29 is 28.2 Å². The van der Waals surface area contributed by atoms with Crippen molar-refractivity contribution in [1.29, 1.82) is 0 Å². The number of carbonyl (C=O) groups excluding carboxylic acids is 2. The summed E-state index contributed by atoms with van der Waals surface area (Å²) in [6.45, 7) is 10.5. The van der Waals surface area contributed by atoms with Crippen molar-refractivity contribution in [2.75, 3.05) is 0 Å². The van der Waals surface area contributed by atoms with Crippen LogP contribution in [0.4, 0.5) is 8.78 Å². The van der Waals surface area contributed by atoms with Gasteiger partial charge in [-0.1, -0.05) is 20.8 Å².